The Morgan fingerprint density at radius 3 is 0.760 bits per heavy atom. The van der Waals surface area contributed by atoms with Crippen molar-refractivity contribution in [3.05, 3.63) is 48.6 Å². The highest BCUT2D eigenvalue weighted by Crippen LogP contribution is 2.17. The second-order valence-electron chi connectivity index (χ2n) is 22.4. The number of hydrogen-bond acceptors (Lipinski definition) is 6. The first kappa shape index (κ1) is 72.4. The number of unbranched alkanes of at least 4 members (excludes halogenated alkanes) is 42. The normalized spacial score (nSPS) is 12.3. The zero-order valence-electron chi connectivity index (χ0n) is 50.3. The van der Waals surface area contributed by atoms with Crippen molar-refractivity contribution in [3.8, 4) is 0 Å². The molecule has 0 bridgehead atoms. The van der Waals surface area contributed by atoms with E-state index >= 15 is 0 Å². The maximum Gasteiger partial charge on any atom is 0.306 e. The highest BCUT2D eigenvalue weighted by atomic mass is 16.6. The maximum absolute atomic E-state index is 12.9. The van der Waals surface area contributed by atoms with E-state index in [0.717, 1.165) is 70.6 Å². The molecule has 0 aromatic rings. The van der Waals surface area contributed by atoms with Crippen molar-refractivity contribution >= 4 is 17.9 Å². The molecule has 6 heteroatoms. The monoisotopic (exact) mass is 1050 g/mol. The summed E-state index contributed by atoms with van der Waals surface area (Å²) in [7, 11) is 0. The van der Waals surface area contributed by atoms with Gasteiger partial charge in [0.25, 0.3) is 0 Å². The predicted molar refractivity (Wildman–Crippen MR) is 325 cm³/mol. The van der Waals surface area contributed by atoms with E-state index in [-0.39, 0.29) is 31.1 Å². The van der Waals surface area contributed by atoms with Gasteiger partial charge >= 0.3 is 17.9 Å². The van der Waals surface area contributed by atoms with Crippen LogP contribution in [0.2, 0.25) is 0 Å². The number of allylic oxidation sites excluding steroid dienone is 8. The van der Waals surface area contributed by atoms with Crippen LogP contribution in [0, 0.1) is 0 Å². The van der Waals surface area contributed by atoms with Gasteiger partial charge in [0.2, 0.25) is 0 Å². The summed E-state index contributed by atoms with van der Waals surface area (Å²) in [6, 6.07) is 0. The van der Waals surface area contributed by atoms with Crippen molar-refractivity contribution in [2.24, 2.45) is 0 Å². The highest BCUT2D eigenvalue weighted by Gasteiger charge is 2.19. The number of hydrogen-bond donors (Lipinski definition) is 0. The Hall–Kier alpha value is -2.63. The summed E-state index contributed by atoms with van der Waals surface area (Å²) in [4.78, 5) is 38.1. The lowest BCUT2D eigenvalue weighted by Gasteiger charge is -2.18. The molecule has 0 rings (SSSR count). The molecule has 75 heavy (non-hydrogen) atoms. The molecule has 0 radical (unpaired) electrons. The van der Waals surface area contributed by atoms with E-state index < -0.39 is 6.10 Å². The molecule has 0 saturated heterocycles. The summed E-state index contributed by atoms with van der Waals surface area (Å²) in [5, 5.41) is 0. The molecule has 0 aromatic carbocycles. The average molecular weight is 1050 g/mol. The van der Waals surface area contributed by atoms with E-state index in [2.05, 4.69) is 69.4 Å². The first-order valence-electron chi connectivity index (χ1n) is 33.1. The molecule has 0 heterocycles. The van der Waals surface area contributed by atoms with Gasteiger partial charge in [-0.1, -0.05) is 301 Å². The summed E-state index contributed by atoms with van der Waals surface area (Å²) in [5.74, 6) is -0.861. The molecule has 438 valence electrons. The third-order valence-electron chi connectivity index (χ3n) is 14.8. The number of ether oxygens (including phenoxy) is 3. The molecule has 0 aliphatic rings. The minimum Gasteiger partial charge on any atom is -0.462 e. The van der Waals surface area contributed by atoms with Gasteiger partial charge in [-0.05, 0) is 83.5 Å². The molecule has 0 N–H and O–H groups in total. The maximum atomic E-state index is 12.9. The minimum atomic E-state index is -0.771. The lowest BCUT2D eigenvalue weighted by molar-refractivity contribution is -0.167. The molecule has 1 unspecified atom stereocenters. The van der Waals surface area contributed by atoms with Gasteiger partial charge in [-0.25, -0.2) is 0 Å². The quantitative estimate of drug-likeness (QED) is 0.0261. The Morgan fingerprint density at radius 2 is 0.480 bits per heavy atom. The largest absolute Gasteiger partial charge is 0.462 e. The van der Waals surface area contributed by atoms with Crippen LogP contribution in [0.15, 0.2) is 48.6 Å². The van der Waals surface area contributed by atoms with Crippen LogP contribution >= 0.6 is 0 Å². The van der Waals surface area contributed by atoms with Crippen LogP contribution in [0.1, 0.15) is 355 Å². The molecule has 0 saturated carbocycles. The topological polar surface area (TPSA) is 78.9 Å². The van der Waals surface area contributed by atoms with E-state index in [0.29, 0.717) is 19.3 Å². The number of rotatable bonds is 61. The van der Waals surface area contributed by atoms with Crippen molar-refractivity contribution in [3.63, 3.8) is 0 Å². The second-order valence-corrected chi connectivity index (χ2v) is 22.4. The first-order chi connectivity index (χ1) is 37.0. The van der Waals surface area contributed by atoms with Gasteiger partial charge in [-0.2, -0.15) is 0 Å². The lowest BCUT2D eigenvalue weighted by atomic mass is 10.0. The molecular formula is C69H126O6. The van der Waals surface area contributed by atoms with Crippen LogP contribution in [0.25, 0.3) is 0 Å². The van der Waals surface area contributed by atoms with E-state index in [4.69, 9.17) is 14.2 Å². The van der Waals surface area contributed by atoms with Gasteiger partial charge in [0.05, 0.1) is 0 Å². The summed E-state index contributed by atoms with van der Waals surface area (Å²) in [6.07, 6.45) is 80.1. The molecule has 6 nitrogen and oxygen atoms in total. The molecule has 0 fully saturated rings. The molecule has 0 aliphatic heterocycles. The van der Waals surface area contributed by atoms with Gasteiger partial charge in [0, 0.05) is 19.3 Å². The van der Waals surface area contributed by atoms with E-state index in [1.807, 2.05) is 0 Å². The number of esters is 3. The van der Waals surface area contributed by atoms with E-state index in [1.54, 1.807) is 0 Å². The number of carbonyl (C=O) groups excluding carboxylic acids is 3. The van der Waals surface area contributed by atoms with Crippen LogP contribution in [-0.4, -0.2) is 37.2 Å². The van der Waals surface area contributed by atoms with Crippen LogP contribution in [0.5, 0.6) is 0 Å². The van der Waals surface area contributed by atoms with Crippen molar-refractivity contribution in [1.29, 1.82) is 0 Å². The van der Waals surface area contributed by atoms with Gasteiger partial charge in [-0.15, -0.1) is 0 Å². The lowest BCUT2D eigenvalue weighted by Crippen LogP contribution is -2.30. The zero-order valence-corrected chi connectivity index (χ0v) is 50.3. The second kappa shape index (κ2) is 63.9. The SMILES string of the molecule is CCCCCCC/C=C\C/C=C\C/C=C\CCCCCCCCCCCCCCCCC(=O)OCC(COC(=O)CCCCCCCCC)OC(=O)CCCCCCCCCCC/C=C\CCCCCCCCCC. The Labute approximate surface area is 467 Å². The Morgan fingerprint density at radius 1 is 0.267 bits per heavy atom. The summed E-state index contributed by atoms with van der Waals surface area (Å²) in [5.41, 5.74) is 0. The standard InChI is InChI=1S/C69H126O6/c1-4-7-10-13-16-18-20-22-24-26-28-30-31-32-33-34-35-36-37-39-40-42-44-46-48-50-53-56-59-62-68(71)74-65-66(64-73-67(70)61-58-55-52-15-12-9-6-3)75-69(72)63-60-57-54-51-49-47-45-43-41-38-29-27-25-23-21-19-17-14-11-8-5-2/h20,22,26-29,31-32,66H,4-19,21,23-25,30,33-65H2,1-3H3/b22-20-,28-26-,29-27-,32-31-. The van der Waals surface area contributed by atoms with Crippen molar-refractivity contribution in [1.82, 2.24) is 0 Å². The Kier molecular flexibility index (Phi) is 61.7. The summed E-state index contributed by atoms with van der Waals surface area (Å²) >= 11 is 0. The van der Waals surface area contributed by atoms with Crippen molar-refractivity contribution in [2.45, 2.75) is 361 Å². The zero-order chi connectivity index (χ0) is 54.3. The average Bonchev–Trinajstić information content (AvgIpc) is 3.41. The van der Waals surface area contributed by atoms with Crippen LogP contribution < -0.4 is 0 Å². The Bertz CT molecular complexity index is 1300. The highest BCUT2D eigenvalue weighted by molar-refractivity contribution is 5.71. The molecule has 0 aromatic heterocycles. The summed E-state index contributed by atoms with van der Waals surface area (Å²) in [6.45, 7) is 6.63. The Balaban J connectivity index is 4.07. The van der Waals surface area contributed by atoms with Crippen LogP contribution in [-0.2, 0) is 28.6 Å². The van der Waals surface area contributed by atoms with Crippen molar-refractivity contribution in [2.75, 3.05) is 13.2 Å². The van der Waals surface area contributed by atoms with Gasteiger partial charge in [-0.3, -0.25) is 14.4 Å². The van der Waals surface area contributed by atoms with Crippen LogP contribution in [0.3, 0.4) is 0 Å². The fraction of sp³-hybridized carbons (Fsp3) is 0.841. The van der Waals surface area contributed by atoms with Gasteiger partial charge in [0.15, 0.2) is 6.10 Å². The number of carbonyl (C=O) groups is 3. The molecule has 1 atom stereocenters. The van der Waals surface area contributed by atoms with Gasteiger partial charge in [0.1, 0.15) is 13.2 Å². The van der Waals surface area contributed by atoms with Gasteiger partial charge < -0.3 is 14.2 Å². The van der Waals surface area contributed by atoms with E-state index in [1.165, 1.54) is 244 Å². The minimum absolute atomic E-state index is 0.0707. The third-order valence-corrected chi connectivity index (χ3v) is 14.8. The smallest absolute Gasteiger partial charge is 0.306 e. The molecule has 0 spiro atoms. The molecule has 0 aliphatic carbocycles. The molecular weight excluding hydrogens is 925 g/mol. The van der Waals surface area contributed by atoms with E-state index in [9.17, 15) is 14.4 Å². The third kappa shape index (κ3) is 62.1. The summed E-state index contributed by atoms with van der Waals surface area (Å²) < 4.78 is 16.9. The van der Waals surface area contributed by atoms with Crippen LogP contribution in [0.4, 0.5) is 0 Å². The van der Waals surface area contributed by atoms with Crippen molar-refractivity contribution < 1.29 is 28.6 Å². The fourth-order valence-electron chi connectivity index (χ4n) is 9.80. The predicted octanol–water partition coefficient (Wildman–Crippen LogP) is 22.6. The first-order valence-corrected chi connectivity index (χ1v) is 33.1. The molecule has 0 amide bonds. The fourth-order valence-corrected chi connectivity index (χ4v) is 9.80.